The zero-order chi connectivity index (χ0) is 24.2. The van der Waals surface area contributed by atoms with Gasteiger partial charge in [0.1, 0.15) is 11.6 Å². The number of aromatic nitrogens is 4. The molecule has 0 saturated carbocycles. The lowest BCUT2D eigenvalue weighted by Gasteiger charge is -2.25. The minimum Gasteiger partial charge on any atom is -0.348 e. The van der Waals surface area contributed by atoms with E-state index in [1.165, 1.54) is 55.0 Å². The number of benzene rings is 1. The van der Waals surface area contributed by atoms with Crippen molar-refractivity contribution in [2.45, 2.75) is 45.6 Å². The van der Waals surface area contributed by atoms with E-state index in [1.54, 1.807) is 0 Å². The lowest BCUT2D eigenvalue weighted by atomic mass is 9.86. The van der Waals surface area contributed by atoms with Crippen LogP contribution >= 0.6 is 11.3 Å². The minimum atomic E-state index is 0.495. The number of likely N-dealkylation sites (tertiary alicyclic amines) is 2. The third-order valence-electron chi connectivity index (χ3n) is 7.69. The Labute approximate surface area is 217 Å². The Morgan fingerprint density at radius 3 is 2.03 bits per heavy atom. The fraction of sp³-hybridized carbons (Fsp3) is 0.429. The van der Waals surface area contributed by atoms with Gasteiger partial charge in [0.25, 0.3) is 0 Å². The Morgan fingerprint density at radius 1 is 0.806 bits per heavy atom. The normalized spacial score (nSPS) is 20.8. The van der Waals surface area contributed by atoms with Gasteiger partial charge in [-0.1, -0.05) is 30.3 Å². The van der Waals surface area contributed by atoms with Gasteiger partial charge in [-0.3, -0.25) is 14.7 Å². The molecule has 4 aromatic rings. The van der Waals surface area contributed by atoms with Crippen LogP contribution in [0.4, 0.5) is 0 Å². The molecule has 8 heteroatoms. The van der Waals surface area contributed by atoms with Gasteiger partial charge in [0.05, 0.1) is 13.1 Å². The summed E-state index contributed by atoms with van der Waals surface area (Å²) in [6.07, 6.45) is 10.1. The Balaban J connectivity index is 1.03. The Bertz CT molecular complexity index is 1150. The van der Waals surface area contributed by atoms with Gasteiger partial charge < -0.3 is 9.97 Å². The molecule has 3 aromatic heterocycles. The highest BCUT2D eigenvalue weighted by molar-refractivity contribution is 7.09. The maximum Gasteiger partial charge on any atom is 0.120 e. The predicted octanol–water partition coefficient (Wildman–Crippen LogP) is 4.49. The van der Waals surface area contributed by atoms with Crippen LogP contribution in [-0.4, -0.2) is 60.8 Å². The van der Waals surface area contributed by atoms with Crippen molar-refractivity contribution in [1.29, 1.82) is 0 Å². The second-order valence-electron chi connectivity index (χ2n) is 10.5. The van der Waals surface area contributed by atoms with Gasteiger partial charge in [0, 0.05) is 62.4 Å². The van der Waals surface area contributed by atoms with Gasteiger partial charge in [0.15, 0.2) is 0 Å². The molecule has 1 unspecified atom stereocenters. The molecule has 0 bridgehead atoms. The van der Waals surface area contributed by atoms with Crippen molar-refractivity contribution in [3.63, 3.8) is 0 Å². The average Bonchev–Trinajstić information content (AvgIpc) is 3.70. The van der Waals surface area contributed by atoms with Crippen LogP contribution in [0.15, 0.2) is 66.6 Å². The van der Waals surface area contributed by atoms with E-state index >= 15 is 0 Å². The largest absolute Gasteiger partial charge is 0.348 e. The summed E-state index contributed by atoms with van der Waals surface area (Å²) in [5, 5.41) is 2.19. The summed E-state index contributed by atoms with van der Waals surface area (Å²) in [7, 11) is 0. The highest BCUT2D eigenvalue weighted by Gasteiger charge is 2.43. The quantitative estimate of drug-likeness (QED) is 0.335. The second-order valence-corrected chi connectivity index (χ2v) is 11.6. The van der Waals surface area contributed by atoms with Crippen molar-refractivity contribution in [1.82, 2.24) is 34.6 Å². The van der Waals surface area contributed by atoms with Crippen molar-refractivity contribution in [2.24, 2.45) is 5.41 Å². The van der Waals surface area contributed by atoms with Gasteiger partial charge in [-0.15, -0.1) is 11.3 Å². The molecule has 2 aliphatic rings. The summed E-state index contributed by atoms with van der Waals surface area (Å²) in [4.78, 5) is 24.5. The molecule has 6 rings (SSSR count). The van der Waals surface area contributed by atoms with Gasteiger partial charge in [-0.2, -0.15) is 0 Å². The van der Waals surface area contributed by atoms with Crippen LogP contribution in [0, 0.1) is 5.41 Å². The van der Waals surface area contributed by atoms with E-state index in [9.17, 15) is 0 Å². The number of hydrogen-bond donors (Lipinski definition) is 2. The molecule has 7 nitrogen and oxygen atoms in total. The van der Waals surface area contributed by atoms with E-state index in [4.69, 9.17) is 0 Å². The Kier molecular flexibility index (Phi) is 7.01. The fourth-order valence-electron chi connectivity index (χ4n) is 5.91. The maximum absolute atomic E-state index is 4.42. The van der Waals surface area contributed by atoms with Gasteiger partial charge in [0.2, 0.25) is 0 Å². The topological polar surface area (TPSA) is 67.1 Å². The summed E-state index contributed by atoms with van der Waals surface area (Å²) in [6, 6.07) is 13.7. The number of aromatic amines is 2. The first-order valence-electron chi connectivity index (χ1n) is 13.0. The van der Waals surface area contributed by atoms with Crippen LogP contribution in [-0.2, 0) is 32.7 Å². The van der Waals surface area contributed by atoms with E-state index in [-0.39, 0.29) is 0 Å². The number of imidazole rings is 2. The van der Waals surface area contributed by atoms with E-state index in [2.05, 4.69) is 76.4 Å². The lowest BCUT2D eigenvalue weighted by Crippen LogP contribution is -2.30. The molecule has 0 radical (unpaired) electrons. The van der Waals surface area contributed by atoms with Crippen LogP contribution < -0.4 is 0 Å². The standard InChI is InChI=1S/C28H35N7S/c1-2-25(36-15-1)18-34-14-8-28(22-34)7-13-33(21-28)16-23-3-5-24(6-4-23)17-35(19-26-29-9-10-30-26)20-27-31-11-12-32-27/h1-6,9-12,15H,7-8,13-14,16-22H2,(H,29,30)(H,31,32). The first kappa shape index (κ1) is 23.6. The number of nitrogens with zero attached hydrogens (tertiary/aromatic N) is 5. The van der Waals surface area contributed by atoms with E-state index in [1.807, 2.05) is 36.1 Å². The maximum atomic E-state index is 4.42. The summed E-state index contributed by atoms with van der Waals surface area (Å²) in [6.45, 7) is 9.49. The third kappa shape index (κ3) is 5.78. The van der Waals surface area contributed by atoms with Gasteiger partial charge in [-0.25, -0.2) is 9.97 Å². The third-order valence-corrected chi connectivity index (χ3v) is 8.55. The van der Waals surface area contributed by atoms with Crippen LogP contribution in [0.25, 0.3) is 0 Å². The monoisotopic (exact) mass is 501 g/mol. The fourth-order valence-corrected chi connectivity index (χ4v) is 6.65. The van der Waals surface area contributed by atoms with Gasteiger partial charge >= 0.3 is 0 Å². The molecule has 188 valence electrons. The van der Waals surface area contributed by atoms with Crippen molar-refractivity contribution < 1.29 is 0 Å². The van der Waals surface area contributed by atoms with Crippen molar-refractivity contribution in [3.8, 4) is 0 Å². The zero-order valence-electron chi connectivity index (χ0n) is 20.8. The van der Waals surface area contributed by atoms with Crippen molar-refractivity contribution in [3.05, 3.63) is 94.2 Å². The number of nitrogens with one attached hydrogen (secondary N) is 2. The molecule has 0 aliphatic carbocycles. The number of thiophene rings is 1. The number of H-pyrrole nitrogens is 2. The molecular formula is C28H35N7S. The number of rotatable bonds is 10. The molecule has 36 heavy (non-hydrogen) atoms. The molecule has 1 atom stereocenters. The van der Waals surface area contributed by atoms with E-state index in [0.29, 0.717) is 5.41 Å². The SMILES string of the molecule is c1csc(CN2CCC3(CCN(Cc4ccc(CN(Cc5ncc[nH]5)Cc5ncc[nH]5)cc4)C3)C2)c1. The second kappa shape index (κ2) is 10.7. The first-order chi connectivity index (χ1) is 17.7. The van der Waals surface area contributed by atoms with Crippen LogP contribution in [0.5, 0.6) is 0 Å². The highest BCUT2D eigenvalue weighted by Crippen LogP contribution is 2.40. The van der Waals surface area contributed by atoms with Crippen LogP contribution in [0.3, 0.4) is 0 Å². The van der Waals surface area contributed by atoms with Crippen LogP contribution in [0.2, 0.25) is 0 Å². The molecule has 2 aliphatic heterocycles. The van der Waals surface area contributed by atoms with Crippen molar-refractivity contribution >= 4 is 11.3 Å². The average molecular weight is 502 g/mol. The molecule has 2 fully saturated rings. The molecule has 0 amide bonds. The summed E-state index contributed by atoms with van der Waals surface area (Å²) in [5.74, 6) is 1.95. The smallest absolute Gasteiger partial charge is 0.120 e. The van der Waals surface area contributed by atoms with E-state index < -0.39 is 0 Å². The molecule has 2 N–H and O–H groups in total. The molecular weight excluding hydrogens is 466 g/mol. The van der Waals surface area contributed by atoms with Crippen LogP contribution in [0.1, 0.15) is 40.5 Å². The summed E-state index contributed by atoms with van der Waals surface area (Å²) >= 11 is 1.88. The van der Waals surface area contributed by atoms with Crippen molar-refractivity contribution in [2.75, 3.05) is 26.2 Å². The minimum absolute atomic E-state index is 0.495. The Hall–Kier alpha value is -2.78. The summed E-state index contributed by atoms with van der Waals surface area (Å²) < 4.78 is 0. The molecule has 1 aromatic carbocycles. The Morgan fingerprint density at radius 2 is 1.44 bits per heavy atom. The predicted molar refractivity (Wildman–Crippen MR) is 143 cm³/mol. The molecule has 1 spiro atoms. The van der Waals surface area contributed by atoms with E-state index in [0.717, 1.165) is 44.4 Å². The van der Waals surface area contributed by atoms with Gasteiger partial charge in [-0.05, 0) is 53.9 Å². The number of hydrogen-bond acceptors (Lipinski definition) is 6. The first-order valence-corrected chi connectivity index (χ1v) is 13.8. The molecule has 2 saturated heterocycles. The summed E-state index contributed by atoms with van der Waals surface area (Å²) in [5.41, 5.74) is 3.22. The highest BCUT2D eigenvalue weighted by atomic mass is 32.1. The lowest BCUT2D eigenvalue weighted by molar-refractivity contribution is 0.234. The molecule has 5 heterocycles. The zero-order valence-corrected chi connectivity index (χ0v) is 21.6.